The first-order valence-electron chi connectivity index (χ1n) is 10.2. The van der Waals surface area contributed by atoms with E-state index in [1.807, 2.05) is 60.7 Å². The largest absolute Gasteiger partial charge is 0.228 e. The van der Waals surface area contributed by atoms with Crippen LogP contribution < -0.4 is 0 Å². The number of aromatic nitrogens is 2. The van der Waals surface area contributed by atoms with Crippen molar-refractivity contribution >= 4 is 27.5 Å². The molecule has 1 aromatic heterocycles. The maximum atomic E-state index is 6.29. The molecule has 0 aliphatic rings. The topological polar surface area (TPSA) is 25.8 Å². The van der Waals surface area contributed by atoms with Gasteiger partial charge in [-0.05, 0) is 35.4 Å². The minimum atomic E-state index is 0.664. The predicted octanol–water partition coefficient (Wildman–Crippen LogP) is 8.56. The van der Waals surface area contributed by atoms with Crippen LogP contribution >= 0.6 is 27.5 Å². The van der Waals surface area contributed by atoms with Crippen molar-refractivity contribution in [1.82, 2.24) is 9.97 Å². The fraction of sp³-hybridized carbons (Fsp3) is 0. The van der Waals surface area contributed by atoms with Crippen molar-refractivity contribution in [3.63, 3.8) is 0 Å². The van der Waals surface area contributed by atoms with E-state index in [2.05, 4.69) is 64.5 Å². The molecule has 32 heavy (non-hydrogen) atoms. The monoisotopic (exact) mass is 496 g/mol. The molecule has 154 valence electrons. The van der Waals surface area contributed by atoms with Crippen LogP contribution in [0.1, 0.15) is 0 Å². The van der Waals surface area contributed by atoms with Gasteiger partial charge in [0.05, 0.1) is 11.4 Å². The van der Waals surface area contributed by atoms with Crippen LogP contribution in [0.15, 0.2) is 114 Å². The smallest absolute Gasteiger partial charge is 0.160 e. The molecule has 0 bridgehead atoms. The van der Waals surface area contributed by atoms with Crippen LogP contribution in [-0.4, -0.2) is 9.97 Å². The number of benzene rings is 4. The van der Waals surface area contributed by atoms with Gasteiger partial charge in [-0.1, -0.05) is 112 Å². The zero-order valence-corrected chi connectivity index (χ0v) is 19.4. The second kappa shape index (κ2) is 9.07. The summed E-state index contributed by atoms with van der Waals surface area (Å²) in [6.45, 7) is 0. The van der Waals surface area contributed by atoms with Gasteiger partial charge in [-0.2, -0.15) is 0 Å². The highest BCUT2D eigenvalue weighted by Gasteiger charge is 2.13. The molecule has 0 amide bonds. The van der Waals surface area contributed by atoms with Crippen LogP contribution in [0.5, 0.6) is 0 Å². The Balaban J connectivity index is 1.64. The average molecular weight is 498 g/mol. The highest BCUT2D eigenvalue weighted by Crippen LogP contribution is 2.33. The van der Waals surface area contributed by atoms with E-state index in [1.165, 1.54) is 5.56 Å². The Morgan fingerprint density at radius 3 is 1.78 bits per heavy atom. The Kier molecular flexibility index (Phi) is 5.85. The van der Waals surface area contributed by atoms with E-state index < -0.39 is 0 Å². The van der Waals surface area contributed by atoms with E-state index in [0.29, 0.717) is 10.8 Å². The SMILES string of the molecule is Clc1ccc(Br)c(-c2cc(-c3ccccc3)nc(-c3ccc(-c4ccccc4)cc3)n2)c1. The molecule has 0 unspecified atom stereocenters. The Labute approximate surface area is 200 Å². The molecule has 0 radical (unpaired) electrons. The summed E-state index contributed by atoms with van der Waals surface area (Å²) >= 11 is 9.94. The summed E-state index contributed by atoms with van der Waals surface area (Å²) < 4.78 is 0.935. The van der Waals surface area contributed by atoms with Crippen molar-refractivity contribution in [3.8, 4) is 45.0 Å². The van der Waals surface area contributed by atoms with Crippen molar-refractivity contribution in [3.05, 3.63) is 119 Å². The molecule has 0 aliphatic heterocycles. The molecule has 0 spiro atoms. The molecule has 1 heterocycles. The molecule has 0 saturated heterocycles. The molecule has 0 atom stereocenters. The Hall–Kier alpha value is -3.27. The summed E-state index contributed by atoms with van der Waals surface area (Å²) in [5.74, 6) is 0.674. The molecule has 5 rings (SSSR count). The average Bonchev–Trinajstić information content (AvgIpc) is 2.86. The van der Waals surface area contributed by atoms with E-state index in [0.717, 1.165) is 38.1 Å². The molecule has 0 fully saturated rings. The lowest BCUT2D eigenvalue weighted by atomic mass is 10.0. The molecular weight excluding hydrogens is 480 g/mol. The van der Waals surface area contributed by atoms with Crippen molar-refractivity contribution in [2.24, 2.45) is 0 Å². The molecule has 4 aromatic carbocycles. The fourth-order valence-electron chi connectivity index (χ4n) is 3.61. The Morgan fingerprint density at radius 2 is 1.09 bits per heavy atom. The lowest BCUT2D eigenvalue weighted by molar-refractivity contribution is 1.18. The summed E-state index contributed by atoms with van der Waals surface area (Å²) in [4.78, 5) is 9.80. The standard InChI is InChI=1S/C28H18BrClN2/c29-25-16-15-23(30)17-24(25)27-18-26(21-9-5-2-6-10-21)31-28(32-27)22-13-11-20(12-14-22)19-7-3-1-4-8-19/h1-18H. The van der Waals surface area contributed by atoms with Crippen molar-refractivity contribution in [2.45, 2.75) is 0 Å². The van der Waals surface area contributed by atoms with Gasteiger partial charge in [-0.3, -0.25) is 0 Å². The number of nitrogens with zero attached hydrogens (tertiary/aromatic N) is 2. The molecule has 4 heteroatoms. The van der Waals surface area contributed by atoms with E-state index in [1.54, 1.807) is 0 Å². The third-order valence-corrected chi connectivity index (χ3v) is 6.18. The summed E-state index contributed by atoms with van der Waals surface area (Å²) in [5, 5.41) is 0.664. The van der Waals surface area contributed by atoms with Crippen LogP contribution in [0.25, 0.3) is 45.0 Å². The third-order valence-electron chi connectivity index (χ3n) is 5.25. The van der Waals surface area contributed by atoms with Gasteiger partial charge in [0.25, 0.3) is 0 Å². The van der Waals surface area contributed by atoms with E-state index in [4.69, 9.17) is 21.6 Å². The highest BCUT2D eigenvalue weighted by atomic mass is 79.9. The van der Waals surface area contributed by atoms with Crippen molar-refractivity contribution in [1.29, 1.82) is 0 Å². The normalized spacial score (nSPS) is 10.8. The van der Waals surface area contributed by atoms with Crippen LogP contribution in [0.4, 0.5) is 0 Å². The van der Waals surface area contributed by atoms with Gasteiger partial charge < -0.3 is 0 Å². The van der Waals surface area contributed by atoms with Gasteiger partial charge in [0.2, 0.25) is 0 Å². The first-order valence-corrected chi connectivity index (χ1v) is 11.4. The molecular formula is C28H18BrClN2. The quantitative estimate of drug-likeness (QED) is 0.248. The maximum Gasteiger partial charge on any atom is 0.160 e. The summed E-state index contributed by atoms with van der Waals surface area (Å²) in [6.07, 6.45) is 0. The van der Waals surface area contributed by atoms with Crippen LogP contribution in [0, 0.1) is 0 Å². The third kappa shape index (κ3) is 4.36. The van der Waals surface area contributed by atoms with Gasteiger partial charge in [-0.15, -0.1) is 0 Å². The first kappa shape index (κ1) is 20.6. The van der Waals surface area contributed by atoms with Crippen LogP contribution in [-0.2, 0) is 0 Å². The molecule has 0 aliphatic carbocycles. The van der Waals surface area contributed by atoms with Gasteiger partial charge in [0.15, 0.2) is 5.82 Å². The Bertz CT molecular complexity index is 1370. The molecule has 5 aromatic rings. The lowest BCUT2D eigenvalue weighted by Gasteiger charge is -2.11. The van der Waals surface area contributed by atoms with Gasteiger partial charge >= 0.3 is 0 Å². The molecule has 0 N–H and O–H groups in total. The van der Waals surface area contributed by atoms with Gasteiger partial charge in [0, 0.05) is 26.2 Å². The van der Waals surface area contributed by atoms with E-state index in [-0.39, 0.29) is 0 Å². The minimum absolute atomic E-state index is 0.664. The predicted molar refractivity (Wildman–Crippen MR) is 136 cm³/mol. The minimum Gasteiger partial charge on any atom is -0.228 e. The number of rotatable bonds is 4. The van der Waals surface area contributed by atoms with Crippen molar-refractivity contribution in [2.75, 3.05) is 0 Å². The van der Waals surface area contributed by atoms with Gasteiger partial charge in [0.1, 0.15) is 0 Å². The second-order valence-electron chi connectivity index (χ2n) is 7.40. The maximum absolute atomic E-state index is 6.29. The fourth-order valence-corrected chi connectivity index (χ4v) is 4.23. The van der Waals surface area contributed by atoms with Crippen molar-refractivity contribution < 1.29 is 0 Å². The van der Waals surface area contributed by atoms with Crippen LogP contribution in [0.3, 0.4) is 0 Å². The molecule has 0 saturated carbocycles. The zero-order chi connectivity index (χ0) is 21.9. The number of hydrogen-bond acceptors (Lipinski definition) is 2. The highest BCUT2D eigenvalue weighted by molar-refractivity contribution is 9.10. The second-order valence-corrected chi connectivity index (χ2v) is 8.69. The summed E-state index contributed by atoms with van der Waals surface area (Å²) in [6, 6.07) is 36.6. The van der Waals surface area contributed by atoms with Gasteiger partial charge in [-0.25, -0.2) is 9.97 Å². The molecule has 2 nitrogen and oxygen atoms in total. The summed E-state index contributed by atoms with van der Waals surface area (Å²) in [5.41, 5.74) is 6.95. The first-order chi connectivity index (χ1) is 15.7. The van der Waals surface area contributed by atoms with E-state index >= 15 is 0 Å². The Morgan fingerprint density at radius 1 is 0.531 bits per heavy atom. The number of hydrogen-bond donors (Lipinski definition) is 0. The number of halogens is 2. The summed E-state index contributed by atoms with van der Waals surface area (Å²) in [7, 11) is 0. The zero-order valence-electron chi connectivity index (χ0n) is 17.0. The van der Waals surface area contributed by atoms with E-state index in [9.17, 15) is 0 Å². The lowest BCUT2D eigenvalue weighted by Crippen LogP contribution is -1.96. The van der Waals surface area contributed by atoms with Crippen LogP contribution in [0.2, 0.25) is 5.02 Å².